The Kier molecular flexibility index (Phi) is 6.33. The number of imidazole rings is 1. The van der Waals surface area contributed by atoms with Gasteiger partial charge >= 0.3 is 0 Å². The maximum atomic E-state index is 5.80. The van der Waals surface area contributed by atoms with Crippen molar-refractivity contribution in [2.45, 2.75) is 32.7 Å². The Morgan fingerprint density at radius 2 is 1.81 bits per heavy atom. The molecule has 0 aliphatic carbocycles. The van der Waals surface area contributed by atoms with Crippen molar-refractivity contribution < 1.29 is 9.47 Å². The van der Waals surface area contributed by atoms with Crippen LogP contribution in [0.1, 0.15) is 36.6 Å². The van der Waals surface area contributed by atoms with Crippen LogP contribution >= 0.6 is 0 Å². The maximum absolute atomic E-state index is 5.80. The van der Waals surface area contributed by atoms with Crippen LogP contribution in [0.5, 0.6) is 5.75 Å². The molecule has 5 heteroatoms. The summed E-state index contributed by atoms with van der Waals surface area (Å²) in [5.74, 6) is 2.24. The predicted octanol–water partition coefficient (Wildman–Crippen LogP) is 5.47. The fourth-order valence-electron chi connectivity index (χ4n) is 3.89. The molecule has 2 aromatic carbocycles. The minimum absolute atomic E-state index is 0.496. The normalized spacial score (nSPS) is 11.4. The molecule has 0 unspecified atom stereocenters. The number of hydrogen-bond donors (Lipinski definition) is 0. The summed E-state index contributed by atoms with van der Waals surface area (Å²) >= 11 is 0. The van der Waals surface area contributed by atoms with Crippen LogP contribution in [0.2, 0.25) is 0 Å². The lowest BCUT2D eigenvalue weighted by Crippen LogP contribution is -2.07. The minimum Gasteiger partial charge on any atom is -0.494 e. The van der Waals surface area contributed by atoms with Crippen molar-refractivity contribution >= 4 is 11.0 Å². The third-order valence-electron chi connectivity index (χ3n) is 5.55. The molecule has 0 N–H and O–H groups in total. The number of hydrogen-bond acceptors (Lipinski definition) is 4. The van der Waals surface area contributed by atoms with Crippen molar-refractivity contribution in [3.05, 3.63) is 77.6 Å². The fraction of sp³-hybridized carbons (Fsp3) is 0.308. The zero-order valence-corrected chi connectivity index (χ0v) is 18.6. The molecular formula is C26H29N3O2. The van der Waals surface area contributed by atoms with Gasteiger partial charge in [0.05, 0.1) is 19.2 Å². The highest BCUT2D eigenvalue weighted by atomic mass is 16.5. The fourth-order valence-corrected chi connectivity index (χ4v) is 3.89. The number of aromatic nitrogens is 3. The lowest BCUT2D eigenvalue weighted by atomic mass is 10.0. The molecule has 4 rings (SSSR count). The molecule has 2 heterocycles. The molecule has 0 aliphatic rings. The summed E-state index contributed by atoms with van der Waals surface area (Å²) in [5, 5.41) is 0. The molecule has 0 fully saturated rings. The minimum atomic E-state index is 0.496. The number of pyridine rings is 1. The van der Waals surface area contributed by atoms with Gasteiger partial charge in [0.1, 0.15) is 17.1 Å². The number of nitrogens with zero attached hydrogens (tertiary/aromatic N) is 3. The Labute approximate surface area is 183 Å². The van der Waals surface area contributed by atoms with E-state index in [0.29, 0.717) is 19.1 Å². The van der Waals surface area contributed by atoms with Gasteiger partial charge in [0.15, 0.2) is 0 Å². The summed E-state index contributed by atoms with van der Waals surface area (Å²) in [6, 6.07) is 18.9. The Bertz CT molecular complexity index is 1150. The van der Waals surface area contributed by atoms with Crippen LogP contribution in [0.15, 0.2) is 60.8 Å². The summed E-state index contributed by atoms with van der Waals surface area (Å²) in [7, 11) is 3.43. The summed E-state index contributed by atoms with van der Waals surface area (Å²) in [6.45, 7) is 5.71. The number of ether oxygens (including phenoxy) is 2. The Hall–Kier alpha value is -3.18. The van der Waals surface area contributed by atoms with Crippen molar-refractivity contribution in [2.75, 3.05) is 20.8 Å². The van der Waals surface area contributed by atoms with E-state index in [4.69, 9.17) is 14.5 Å². The summed E-state index contributed by atoms with van der Waals surface area (Å²) in [4.78, 5) is 9.49. The standard InChI is InChI=1S/C26H29N3O2/c1-18(2)20-8-10-21(11-9-20)26-28-23-16-19(15-22-7-5-6-12-27-22)17-24(31-4)25(23)29(26)13-14-30-3/h5-12,16-18H,13-15H2,1-4H3. The Morgan fingerprint density at radius 3 is 2.45 bits per heavy atom. The van der Waals surface area contributed by atoms with Crippen LogP contribution in [0.3, 0.4) is 0 Å². The summed E-state index contributed by atoms with van der Waals surface area (Å²) in [6.07, 6.45) is 2.56. The molecule has 0 radical (unpaired) electrons. The van der Waals surface area contributed by atoms with E-state index in [1.165, 1.54) is 5.56 Å². The molecule has 2 aromatic heterocycles. The molecule has 0 saturated heterocycles. The number of methoxy groups -OCH3 is 2. The van der Waals surface area contributed by atoms with Crippen LogP contribution in [-0.2, 0) is 17.7 Å². The molecular weight excluding hydrogens is 386 g/mol. The van der Waals surface area contributed by atoms with E-state index < -0.39 is 0 Å². The predicted molar refractivity (Wildman–Crippen MR) is 125 cm³/mol. The van der Waals surface area contributed by atoms with Crippen molar-refractivity contribution in [1.29, 1.82) is 0 Å². The number of fused-ring (bicyclic) bond motifs is 1. The van der Waals surface area contributed by atoms with Gasteiger partial charge in [-0.15, -0.1) is 0 Å². The second kappa shape index (κ2) is 9.31. The second-order valence-electron chi connectivity index (χ2n) is 8.02. The quantitative estimate of drug-likeness (QED) is 0.383. The van der Waals surface area contributed by atoms with Gasteiger partial charge in [0.2, 0.25) is 0 Å². The van der Waals surface area contributed by atoms with Crippen LogP contribution in [0, 0.1) is 0 Å². The van der Waals surface area contributed by atoms with Gasteiger partial charge in [-0.1, -0.05) is 44.2 Å². The summed E-state index contributed by atoms with van der Waals surface area (Å²) in [5.41, 5.74) is 6.47. The highest BCUT2D eigenvalue weighted by molar-refractivity contribution is 5.87. The topological polar surface area (TPSA) is 49.2 Å². The second-order valence-corrected chi connectivity index (χ2v) is 8.02. The van der Waals surface area contributed by atoms with Gasteiger partial charge in [-0.25, -0.2) is 4.98 Å². The Morgan fingerprint density at radius 1 is 1.00 bits per heavy atom. The van der Waals surface area contributed by atoms with Gasteiger partial charge < -0.3 is 14.0 Å². The van der Waals surface area contributed by atoms with Gasteiger partial charge in [0, 0.05) is 37.5 Å². The average molecular weight is 416 g/mol. The summed E-state index contributed by atoms with van der Waals surface area (Å²) < 4.78 is 13.4. The molecule has 4 aromatic rings. The molecule has 5 nitrogen and oxygen atoms in total. The van der Waals surface area contributed by atoms with Crippen molar-refractivity contribution in [1.82, 2.24) is 14.5 Å². The van der Waals surface area contributed by atoms with Crippen LogP contribution in [-0.4, -0.2) is 35.4 Å². The molecule has 0 spiro atoms. The molecule has 0 amide bonds. The molecule has 0 aliphatic heterocycles. The van der Waals surface area contributed by atoms with Crippen LogP contribution in [0.4, 0.5) is 0 Å². The third-order valence-corrected chi connectivity index (χ3v) is 5.55. The molecule has 0 bridgehead atoms. The molecule has 0 atom stereocenters. The third kappa shape index (κ3) is 4.47. The van der Waals surface area contributed by atoms with Crippen molar-refractivity contribution in [3.8, 4) is 17.1 Å². The van der Waals surface area contributed by atoms with E-state index >= 15 is 0 Å². The van der Waals surface area contributed by atoms with Crippen molar-refractivity contribution in [2.24, 2.45) is 0 Å². The highest BCUT2D eigenvalue weighted by Gasteiger charge is 2.18. The van der Waals surface area contributed by atoms with Crippen LogP contribution < -0.4 is 4.74 Å². The maximum Gasteiger partial charge on any atom is 0.145 e. The monoisotopic (exact) mass is 415 g/mol. The molecule has 31 heavy (non-hydrogen) atoms. The number of benzene rings is 2. The van der Waals surface area contributed by atoms with Gasteiger partial charge in [-0.2, -0.15) is 0 Å². The first-order chi connectivity index (χ1) is 15.1. The molecule has 0 saturated carbocycles. The van der Waals surface area contributed by atoms with E-state index in [0.717, 1.165) is 45.8 Å². The highest BCUT2D eigenvalue weighted by Crippen LogP contribution is 2.33. The lowest BCUT2D eigenvalue weighted by Gasteiger charge is -2.12. The van der Waals surface area contributed by atoms with E-state index in [2.05, 4.69) is 59.8 Å². The first-order valence-electron chi connectivity index (χ1n) is 10.7. The van der Waals surface area contributed by atoms with Gasteiger partial charge in [-0.3, -0.25) is 4.98 Å². The number of rotatable bonds is 8. The van der Waals surface area contributed by atoms with E-state index in [-0.39, 0.29) is 0 Å². The van der Waals surface area contributed by atoms with Crippen molar-refractivity contribution in [3.63, 3.8) is 0 Å². The largest absolute Gasteiger partial charge is 0.494 e. The first-order valence-corrected chi connectivity index (χ1v) is 10.7. The zero-order chi connectivity index (χ0) is 21.8. The van der Waals surface area contributed by atoms with E-state index in [9.17, 15) is 0 Å². The molecule has 160 valence electrons. The van der Waals surface area contributed by atoms with Crippen LogP contribution in [0.25, 0.3) is 22.4 Å². The van der Waals surface area contributed by atoms with E-state index in [1.807, 2.05) is 24.4 Å². The van der Waals surface area contributed by atoms with E-state index in [1.54, 1.807) is 14.2 Å². The average Bonchev–Trinajstić information content (AvgIpc) is 3.16. The zero-order valence-electron chi connectivity index (χ0n) is 18.6. The van der Waals surface area contributed by atoms with Gasteiger partial charge in [0.25, 0.3) is 0 Å². The SMILES string of the molecule is COCCn1c(-c2ccc(C(C)C)cc2)nc2cc(Cc3ccccn3)cc(OC)c21. The lowest BCUT2D eigenvalue weighted by molar-refractivity contribution is 0.188. The first kappa shape index (κ1) is 21.1. The Balaban J connectivity index is 1.83. The smallest absolute Gasteiger partial charge is 0.145 e. The van der Waals surface area contributed by atoms with Gasteiger partial charge in [-0.05, 0) is 41.3 Å².